The number of hydrogen-bond donors (Lipinski definition) is 0. The minimum atomic E-state index is 0.619. The van der Waals surface area contributed by atoms with E-state index in [-0.39, 0.29) is 0 Å². The largest absolute Gasteiger partial charge is 0.239 e. The first kappa shape index (κ1) is 8.52. The van der Waals surface area contributed by atoms with E-state index in [0.717, 1.165) is 11.4 Å². The summed E-state index contributed by atoms with van der Waals surface area (Å²) in [6.07, 6.45) is 1.74. The van der Waals surface area contributed by atoms with Crippen molar-refractivity contribution in [3.63, 3.8) is 0 Å². The van der Waals surface area contributed by atoms with Gasteiger partial charge >= 0.3 is 0 Å². The molecule has 0 aliphatic heterocycles. The minimum Gasteiger partial charge on any atom is -0.239 e. The van der Waals surface area contributed by atoms with Gasteiger partial charge in [-0.05, 0) is 19.1 Å². The van der Waals surface area contributed by atoms with E-state index >= 15 is 0 Å². The van der Waals surface area contributed by atoms with Crippen LogP contribution in [0.2, 0.25) is 0 Å². The fourth-order valence-corrected chi connectivity index (χ4v) is 1.28. The van der Waals surface area contributed by atoms with Crippen molar-refractivity contribution in [1.82, 2.24) is 9.78 Å². The molecule has 0 bridgehead atoms. The molecule has 3 heteroatoms. The predicted molar refractivity (Wildman–Crippen MR) is 53.0 cm³/mol. The van der Waals surface area contributed by atoms with Crippen LogP contribution in [0.1, 0.15) is 11.3 Å². The SMILES string of the molecule is Cc1nn(-c2ccccc2)cc1C#N. The number of nitrogens with zero attached hydrogens (tertiary/aromatic N) is 3. The van der Waals surface area contributed by atoms with Crippen molar-refractivity contribution in [2.24, 2.45) is 0 Å². The first-order chi connectivity index (χ1) is 6.81. The van der Waals surface area contributed by atoms with Crippen LogP contribution in [0.5, 0.6) is 0 Å². The van der Waals surface area contributed by atoms with Crippen LogP contribution in [0, 0.1) is 18.3 Å². The molecule has 2 aromatic rings. The van der Waals surface area contributed by atoms with E-state index in [4.69, 9.17) is 5.26 Å². The first-order valence-corrected chi connectivity index (χ1v) is 4.33. The zero-order chi connectivity index (χ0) is 9.97. The highest BCUT2D eigenvalue weighted by Crippen LogP contribution is 2.10. The molecule has 3 nitrogen and oxygen atoms in total. The van der Waals surface area contributed by atoms with E-state index in [9.17, 15) is 0 Å². The zero-order valence-electron chi connectivity index (χ0n) is 7.81. The van der Waals surface area contributed by atoms with Crippen molar-refractivity contribution < 1.29 is 0 Å². The van der Waals surface area contributed by atoms with Crippen LogP contribution in [0.25, 0.3) is 5.69 Å². The topological polar surface area (TPSA) is 41.6 Å². The van der Waals surface area contributed by atoms with Gasteiger partial charge in [0.25, 0.3) is 0 Å². The van der Waals surface area contributed by atoms with Crippen LogP contribution >= 0.6 is 0 Å². The quantitative estimate of drug-likeness (QED) is 0.679. The Morgan fingerprint density at radius 3 is 2.57 bits per heavy atom. The maximum absolute atomic E-state index is 8.78. The van der Waals surface area contributed by atoms with E-state index < -0.39 is 0 Å². The summed E-state index contributed by atoms with van der Waals surface area (Å²) in [6, 6.07) is 11.8. The highest BCUT2D eigenvalue weighted by atomic mass is 15.3. The van der Waals surface area contributed by atoms with Crippen LogP contribution in [-0.4, -0.2) is 9.78 Å². The van der Waals surface area contributed by atoms with Gasteiger partial charge in [-0.15, -0.1) is 0 Å². The smallest absolute Gasteiger partial charge is 0.103 e. The number of nitriles is 1. The van der Waals surface area contributed by atoms with Crippen LogP contribution in [0.3, 0.4) is 0 Å². The molecule has 0 saturated heterocycles. The number of para-hydroxylation sites is 1. The Labute approximate surface area is 82.2 Å². The molecule has 0 radical (unpaired) electrons. The summed E-state index contributed by atoms with van der Waals surface area (Å²) in [5.74, 6) is 0. The van der Waals surface area contributed by atoms with Gasteiger partial charge in [0.2, 0.25) is 0 Å². The van der Waals surface area contributed by atoms with Crippen molar-refractivity contribution in [2.75, 3.05) is 0 Å². The maximum atomic E-state index is 8.78. The summed E-state index contributed by atoms with van der Waals surface area (Å²) >= 11 is 0. The van der Waals surface area contributed by atoms with Gasteiger partial charge in [0.1, 0.15) is 6.07 Å². The van der Waals surface area contributed by atoms with Gasteiger partial charge in [-0.25, -0.2) is 4.68 Å². The second kappa shape index (κ2) is 3.35. The van der Waals surface area contributed by atoms with Crippen LogP contribution < -0.4 is 0 Å². The fourth-order valence-electron chi connectivity index (χ4n) is 1.28. The number of rotatable bonds is 1. The van der Waals surface area contributed by atoms with E-state index in [1.165, 1.54) is 0 Å². The molecule has 0 fully saturated rings. The molecule has 0 unspecified atom stereocenters. The Bertz CT molecular complexity index is 477. The lowest BCUT2D eigenvalue weighted by molar-refractivity contribution is 0.863. The molecule has 0 amide bonds. The molecule has 0 N–H and O–H groups in total. The van der Waals surface area contributed by atoms with Crippen molar-refractivity contribution in [3.05, 3.63) is 47.8 Å². The van der Waals surface area contributed by atoms with Crippen LogP contribution in [-0.2, 0) is 0 Å². The first-order valence-electron chi connectivity index (χ1n) is 4.33. The molecule has 1 aromatic heterocycles. The molecular formula is C11H9N3. The molecule has 0 aliphatic carbocycles. The third kappa shape index (κ3) is 1.38. The Hall–Kier alpha value is -2.08. The molecule has 0 spiro atoms. The lowest BCUT2D eigenvalue weighted by Crippen LogP contribution is -1.93. The molecule has 1 heterocycles. The van der Waals surface area contributed by atoms with E-state index in [1.807, 2.05) is 37.3 Å². The Kier molecular flexibility index (Phi) is 2.04. The van der Waals surface area contributed by atoms with Gasteiger partial charge in [0.05, 0.1) is 16.9 Å². The zero-order valence-corrected chi connectivity index (χ0v) is 7.81. The molecule has 0 saturated carbocycles. The number of benzene rings is 1. The maximum Gasteiger partial charge on any atom is 0.103 e. The number of aromatic nitrogens is 2. The monoisotopic (exact) mass is 183 g/mol. The highest BCUT2D eigenvalue weighted by Gasteiger charge is 2.03. The minimum absolute atomic E-state index is 0.619. The standard InChI is InChI=1S/C11H9N3/c1-9-10(7-12)8-14(13-9)11-5-3-2-4-6-11/h2-6,8H,1H3. The highest BCUT2D eigenvalue weighted by molar-refractivity contribution is 5.36. The third-order valence-corrected chi connectivity index (χ3v) is 2.04. The van der Waals surface area contributed by atoms with Gasteiger partial charge in [-0.3, -0.25) is 0 Å². The van der Waals surface area contributed by atoms with E-state index in [1.54, 1.807) is 10.9 Å². The summed E-state index contributed by atoms with van der Waals surface area (Å²) in [4.78, 5) is 0. The molecule has 2 rings (SSSR count). The fraction of sp³-hybridized carbons (Fsp3) is 0.0909. The van der Waals surface area contributed by atoms with E-state index in [0.29, 0.717) is 5.56 Å². The van der Waals surface area contributed by atoms with Gasteiger partial charge in [0, 0.05) is 6.20 Å². The molecular weight excluding hydrogens is 174 g/mol. The normalized spacial score (nSPS) is 9.71. The summed E-state index contributed by atoms with van der Waals surface area (Å²) in [5, 5.41) is 13.0. The molecule has 68 valence electrons. The summed E-state index contributed by atoms with van der Waals surface area (Å²) in [7, 11) is 0. The van der Waals surface area contributed by atoms with Crippen molar-refractivity contribution in [3.8, 4) is 11.8 Å². The molecule has 14 heavy (non-hydrogen) atoms. The van der Waals surface area contributed by atoms with Crippen molar-refractivity contribution >= 4 is 0 Å². The number of hydrogen-bond acceptors (Lipinski definition) is 2. The summed E-state index contributed by atoms with van der Waals surface area (Å²) < 4.78 is 1.72. The van der Waals surface area contributed by atoms with Gasteiger partial charge in [-0.2, -0.15) is 10.4 Å². The molecule has 1 aromatic carbocycles. The van der Waals surface area contributed by atoms with Crippen molar-refractivity contribution in [1.29, 1.82) is 5.26 Å². The lowest BCUT2D eigenvalue weighted by Gasteiger charge is -1.98. The van der Waals surface area contributed by atoms with Gasteiger partial charge < -0.3 is 0 Å². The van der Waals surface area contributed by atoms with Crippen LogP contribution in [0.4, 0.5) is 0 Å². The third-order valence-electron chi connectivity index (χ3n) is 2.04. The average molecular weight is 183 g/mol. The Balaban J connectivity index is 2.50. The summed E-state index contributed by atoms with van der Waals surface area (Å²) in [5.41, 5.74) is 2.35. The summed E-state index contributed by atoms with van der Waals surface area (Å²) in [6.45, 7) is 1.83. The predicted octanol–water partition coefficient (Wildman–Crippen LogP) is 2.05. The van der Waals surface area contributed by atoms with Crippen LogP contribution in [0.15, 0.2) is 36.5 Å². The molecule has 0 aliphatic rings. The van der Waals surface area contributed by atoms with Gasteiger partial charge in [0.15, 0.2) is 0 Å². The second-order valence-corrected chi connectivity index (χ2v) is 3.02. The Morgan fingerprint density at radius 1 is 1.29 bits per heavy atom. The second-order valence-electron chi connectivity index (χ2n) is 3.02. The van der Waals surface area contributed by atoms with Gasteiger partial charge in [-0.1, -0.05) is 18.2 Å². The lowest BCUT2D eigenvalue weighted by atomic mass is 10.3. The van der Waals surface area contributed by atoms with Crippen molar-refractivity contribution in [2.45, 2.75) is 6.92 Å². The Morgan fingerprint density at radius 2 is 2.00 bits per heavy atom. The molecule has 0 atom stereocenters. The average Bonchev–Trinajstić information content (AvgIpc) is 2.61. The van der Waals surface area contributed by atoms with E-state index in [2.05, 4.69) is 11.2 Å². The number of aryl methyl sites for hydroxylation is 1.